The molecule has 0 spiro atoms. The van der Waals surface area contributed by atoms with Gasteiger partial charge in [0.15, 0.2) is 0 Å². The van der Waals surface area contributed by atoms with E-state index in [4.69, 9.17) is 9.47 Å². The van der Waals surface area contributed by atoms with Gasteiger partial charge in [-0.05, 0) is 62.1 Å². The molecule has 196 valence electrons. The Hall–Kier alpha value is -2.58. The van der Waals surface area contributed by atoms with Crippen molar-refractivity contribution in [3.8, 4) is 5.75 Å². The van der Waals surface area contributed by atoms with Crippen LogP contribution in [-0.4, -0.2) is 75.3 Å². The van der Waals surface area contributed by atoms with Crippen molar-refractivity contribution in [2.75, 3.05) is 51.4 Å². The third-order valence-corrected chi connectivity index (χ3v) is 7.97. The molecule has 0 radical (unpaired) electrons. The zero-order valence-corrected chi connectivity index (χ0v) is 21.4. The molecule has 1 aromatic carbocycles. The topological polar surface area (TPSA) is 83.1 Å². The van der Waals surface area contributed by atoms with Crippen LogP contribution < -0.4 is 20.3 Å². The first-order valence-corrected chi connectivity index (χ1v) is 13.6. The smallest absolute Gasteiger partial charge is 0.236 e. The van der Waals surface area contributed by atoms with Gasteiger partial charge in [-0.2, -0.15) is 0 Å². The highest BCUT2D eigenvalue weighted by Gasteiger charge is 2.33. The van der Waals surface area contributed by atoms with Crippen LogP contribution in [0.2, 0.25) is 0 Å². The summed E-state index contributed by atoms with van der Waals surface area (Å²) in [5.41, 5.74) is 2.24. The van der Waals surface area contributed by atoms with Crippen LogP contribution in [0.5, 0.6) is 5.75 Å². The van der Waals surface area contributed by atoms with E-state index in [1.165, 1.54) is 12.1 Å². The van der Waals surface area contributed by atoms with Gasteiger partial charge in [0.1, 0.15) is 12.4 Å². The zero-order chi connectivity index (χ0) is 24.9. The summed E-state index contributed by atoms with van der Waals surface area (Å²) in [6, 6.07) is 7.15. The van der Waals surface area contributed by atoms with Crippen LogP contribution in [0.25, 0.3) is 0 Å². The van der Waals surface area contributed by atoms with Crippen LogP contribution in [0.3, 0.4) is 0 Å². The summed E-state index contributed by atoms with van der Waals surface area (Å²) in [5.74, 6) is 1.51. The normalized spacial score (nSPS) is 27.8. The highest BCUT2D eigenvalue weighted by molar-refractivity contribution is 5.79. The number of piperidine rings is 1. The number of anilines is 1. The molecule has 0 unspecified atom stereocenters. The first kappa shape index (κ1) is 25.1. The van der Waals surface area contributed by atoms with Gasteiger partial charge in [-0.1, -0.05) is 12.2 Å². The van der Waals surface area contributed by atoms with Crippen LogP contribution in [0.4, 0.5) is 5.69 Å². The molecular weight excluding hydrogens is 456 g/mol. The van der Waals surface area contributed by atoms with Crippen molar-refractivity contribution < 1.29 is 19.1 Å². The molecule has 8 nitrogen and oxygen atoms in total. The zero-order valence-electron chi connectivity index (χ0n) is 21.4. The van der Waals surface area contributed by atoms with E-state index in [1.54, 1.807) is 7.11 Å². The van der Waals surface area contributed by atoms with Gasteiger partial charge in [-0.3, -0.25) is 9.59 Å². The summed E-state index contributed by atoms with van der Waals surface area (Å²) in [7, 11) is 1.76. The quantitative estimate of drug-likeness (QED) is 0.589. The van der Waals surface area contributed by atoms with Gasteiger partial charge in [0.05, 0.1) is 19.2 Å². The molecule has 2 N–H and O–H groups in total. The number of rotatable bonds is 6. The predicted molar refractivity (Wildman–Crippen MR) is 139 cm³/mol. The molecule has 36 heavy (non-hydrogen) atoms. The Morgan fingerprint density at radius 1 is 1.19 bits per heavy atom. The number of nitrogens with one attached hydrogen (secondary N) is 2. The molecule has 3 atom stereocenters. The average molecular weight is 497 g/mol. The van der Waals surface area contributed by atoms with Crippen molar-refractivity contribution in [3.05, 3.63) is 35.9 Å². The second-order valence-electron chi connectivity index (χ2n) is 10.7. The fourth-order valence-electron chi connectivity index (χ4n) is 5.83. The van der Waals surface area contributed by atoms with Crippen molar-refractivity contribution in [1.82, 2.24) is 15.5 Å². The monoisotopic (exact) mass is 496 g/mol. The number of fused-ring (bicyclic) bond motifs is 3. The van der Waals surface area contributed by atoms with Crippen molar-refractivity contribution >= 4 is 17.5 Å². The van der Waals surface area contributed by atoms with Crippen LogP contribution in [0.15, 0.2) is 30.4 Å². The number of carbonyl (C=O) groups excluding carboxylic acids is 2. The number of nitrogens with zero attached hydrogens (tertiary/aromatic N) is 2. The van der Waals surface area contributed by atoms with Gasteiger partial charge in [0.2, 0.25) is 11.8 Å². The number of ether oxygens (including phenoxy) is 2. The average Bonchev–Trinajstić information content (AvgIpc) is 3.56. The number of amides is 2. The Morgan fingerprint density at radius 2 is 2.08 bits per heavy atom. The SMILES string of the molecule is COC[C@@H]1CCCN1c1ccc2c(c1)CNCC(=O)N1CC[C@@H](CC(=O)NC3CC3)[C@@H](/C=C/CO2)C1. The minimum atomic E-state index is 0.117. The Bertz CT molecular complexity index is 963. The highest BCUT2D eigenvalue weighted by atomic mass is 16.5. The lowest BCUT2D eigenvalue weighted by molar-refractivity contribution is -0.132. The van der Waals surface area contributed by atoms with E-state index in [-0.39, 0.29) is 23.7 Å². The van der Waals surface area contributed by atoms with Crippen molar-refractivity contribution in [3.63, 3.8) is 0 Å². The lowest BCUT2D eigenvalue weighted by Crippen LogP contribution is -2.47. The number of benzene rings is 1. The molecule has 3 fully saturated rings. The molecule has 2 saturated heterocycles. The minimum absolute atomic E-state index is 0.117. The number of carbonyl (C=O) groups is 2. The molecule has 2 amide bonds. The van der Waals surface area contributed by atoms with E-state index in [1.807, 2.05) is 4.90 Å². The van der Waals surface area contributed by atoms with Gasteiger partial charge in [0.25, 0.3) is 0 Å². The molecular formula is C28H40N4O4. The van der Waals surface area contributed by atoms with Crippen LogP contribution in [0.1, 0.15) is 44.1 Å². The Balaban J connectivity index is 1.29. The van der Waals surface area contributed by atoms with Gasteiger partial charge >= 0.3 is 0 Å². The molecule has 8 heteroatoms. The molecule has 3 heterocycles. The summed E-state index contributed by atoms with van der Waals surface area (Å²) < 4.78 is 11.6. The highest BCUT2D eigenvalue weighted by Crippen LogP contribution is 2.32. The fraction of sp³-hybridized carbons (Fsp3) is 0.643. The first-order valence-electron chi connectivity index (χ1n) is 13.6. The fourth-order valence-corrected chi connectivity index (χ4v) is 5.83. The van der Waals surface area contributed by atoms with Crippen molar-refractivity contribution in [2.24, 2.45) is 11.8 Å². The number of hydrogen-bond donors (Lipinski definition) is 2. The number of hydrogen-bond acceptors (Lipinski definition) is 6. The maximum atomic E-state index is 13.0. The lowest BCUT2D eigenvalue weighted by atomic mass is 9.82. The van der Waals surface area contributed by atoms with Crippen molar-refractivity contribution in [2.45, 2.75) is 57.2 Å². The van der Waals surface area contributed by atoms with Crippen LogP contribution in [-0.2, 0) is 20.9 Å². The maximum Gasteiger partial charge on any atom is 0.236 e. The van der Waals surface area contributed by atoms with Gasteiger partial charge < -0.3 is 29.9 Å². The molecule has 4 aliphatic rings. The van der Waals surface area contributed by atoms with Crippen molar-refractivity contribution in [1.29, 1.82) is 0 Å². The van der Waals surface area contributed by atoms with E-state index < -0.39 is 0 Å². The molecule has 0 aromatic heterocycles. The van der Waals surface area contributed by atoms with Crippen LogP contribution in [0, 0.1) is 11.8 Å². The summed E-state index contributed by atoms with van der Waals surface area (Å²) in [6.45, 7) is 4.45. The summed E-state index contributed by atoms with van der Waals surface area (Å²) in [4.78, 5) is 29.9. The third-order valence-electron chi connectivity index (χ3n) is 7.97. The lowest BCUT2D eigenvalue weighted by Gasteiger charge is -2.37. The van der Waals surface area contributed by atoms with Gasteiger partial charge in [0, 0.05) is 57.0 Å². The molecule has 1 aromatic rings. The largest absolute Gasteiger partial charge is 0.489 e. The van der Waals surface area contributed by atoms with E-state index in [2.05, 4.69) is 45.9 Å². The Kier molecular flexibility index (Phi) is 8.12. The third kappa shape index (κ3) is 6.21. The minimum Gasteiger partial charge on any atom is -0.489 e. The Morgan fingerprint density at radius 3 is 2.92 bits per heavy atom. The molecule has 3 aliphatic heterocycles. The number of methoxy groups -OCH3 is 1. The standard InChI is InChI=1S/C28H40N4O4/c1-35-19-25-5-2-11-32(25)24-8-9-26-22(14-24)16-29-17-28(34)31-12-10-20(15-27(33)30-23-6-7-23)21(18-31)4-3-13-36-26/h3-4,8-9,14,20-21,23,25,29H,2,5-7,10-13,15-19H2,1H3,(H,30,33)/b4-3+/t20-,21-,25-/m0/s1. The Labute approximate surface area is 214 Å². The van der Waals surface area contributed by atoms with E-state index >= 15 is 0 Å². The predicted octanol–water partition coefficient (Wildman–Crippen LogP) is 2.47. The molecule has 1 aliphatic carbocycles. The molecule has 5 rings (SSSR count). The summed E-state index contributed by atoms with van der Waals surface area (Å²) in [5, 5.41) is 6.48. The van der Waals surface area contributed by atoms with E-state index in [9.17, 15) is 9.59 Å². The van der Waals surface area contributed by atoms with E-state index in [0.29, 0.717) is 51.3 Å². The summed E-state index contributed by atoms with van der Waals surface area (Å²) >= 11 is 0. The van der Waals surface area contributed by atoms with Gasteiger partial charge in [-0.25, -0.2) is 0 Å². The first-order chi connectivity index (χ1) is 17.6. The van der Waals surface area contributed by atoms with Gasteiger partial charge in [-0.15, -0.1) is 0 Å². The molecule has 1 saturated carbocycles. The maximum absolute atomic E-state index is 13.0. The van der Waals surface area contributed by atoms with E-state index in [0.717, 1.165) is 50.1 Å². The summed E-state index contributed by atoms with van der Waals surface area (Å²) in [6.07, 6.45) is 10.1. The van der Waals surface area contributed by atoms with Crippen LogP contribution >= 0.6 is 0 Å². The second kappa shape index (κ2) is 11.6. The molecule has 2 bridgehead atoms. The second-order valence-corrected chi connectivity index (χ2v) is 10.7.